The minimum absolute atomic E-state index is 0.0268. The molecule has 110 valence electrons. The highest BCUT2D eigenvalue weighted by atomic mass is 16.6. The molecule has 1 saturated heterocycles. The maximum atomic E-state index is 11.3. The summed E-state index contributed by atoms with van der Waals surface area (Å²) in [5.74, 6) is 0.334. The monoisotopic (exact) mass is 279 g/mol. The third-order valence-electron chi connectivity index (χ3n) is 3.34. The van der Waals surface area contributed by atoms with Crippen LogP contribution in [-0.4, -0.2) is 30.7 Å². The summed E-state index contributed by atoms with van der Waals surface area (Å²) in [5.41, 5.74) is 0.552. The maximum Gasteiger partial charge on any atom is 0.333 e. The van der Waals surface area contributed by atoms with Gasteiger partial charge in [0.25, 0.3) is 0 Å². The summed E-state index contributed by atoms with van der Waals surface area (Å²) in [7, 11) is 0. The van der Waals surface area contributed by atoms with Gasteiger partial charge in [-0.25, -0.2) is 0 Å². The Balaban J connectivity index is 2.11. The van der Waals surface area contributed by atoms with Crippen molar-refractivity contribution >= 4 is 11.4 Å². The van der Waals surface area contributed by atoms with E-state index in [9.17, 15) is 10.1 Å². The van der Waals surface area contributed by atoms with Gasteiger partial charge in [0.15, 0.2) is 5.75 Å². The lowest BCUT2D eigenvalue weighted by molar-refractivity contribution is -0.385. The molecular weight excluding hydrogens is 258 g/mol. The molecular formula is C14H21N3O3. The fraction of sp³-hybridized carbons (Fsp3) is 0.571. The highest BCUT2D eigenvalue weighted by Crippen LogP contribution is 2.34. The van der Waals surface area contributed by atoms with E-state index in [1.165, 1.54) is 0 Å². The second kappa shape index (κ2) is 7.09. The van der Waals surface area contributed by atoms with Crippen LogP contribution in [0.15, 0.2) is 18.2 Å². The third-order valence-corrected chi connectivity index (χ3v) is 3.34. The number of nitrogens with one attached hydrogen (secondary N) is 2. The number of nitrogens with zero attached hydrogens (tertiary/aromatic N) is 1. The zero-order valence-corrected chi connectivity index (χ0v) is 11.7. The van der Waals surface area contributed by atoms with Crippen molar-refractivity contribution in [3.8, 4) is 5.75 Å². The second-order valence-corrected chi connectivity index (χ2v) is 4.93. The van der Waals surface area contributed by atoms with Crippen molar-refractivity contribution in [2.24, 2.45) is 0 Å². The molecule has 1 heterocycles. The molecule has 0 radical (unpaired) electrons. The molecule has 0 aliphatic carbocycles. The molecule has 1 aromatic rings. The predicted molar refractivity (Wildman–Crippen MR) is 78.4 cm³/mol. The second-order valence-electron chi connectivity index (χ2n) is 4.93. The molecule has 1 aliphatic rings. The molecule has 6 heteroatoms. The van der Waals surface area contributed by atoms with E-state index in [0.717, 1.165) is 25.8 Å². The maximum absolute atomic E-state index is 11.3. The van der Waals surface area contributed by atoms with E-state index in [1.54, 1.807) is 18.2 Å². The highest BCUT2D eigenvalue weighted by molar-refractivity contribution is 5.68. The van der Waals surface area contributed by atoms with Crippen molar-refractivity contribution in [3.05, 3.63) is 28.3 Å². The van der Waals surface area contributed by atoms with Gasteiger partial charge in [-0.2, -0.15) is 0 Å². The van der Waals surface area contributed by atoms with Gasteiger partial charge in [-0.1, -0.05) is 13.0 Å². The lowest BCUT2D eigenvalue weighted by Crippen LogP contribution is -2.29. The summed E-state index contributed by atoms with van der Waals surface area (Å²) in [4.78, 5) is 10.9. The normalized spacial score (nSPS) is 17.9. The Morgan fingerprint density at radius 2 is 2.40 bits per heavy atom. The molecule has 0 amide bonds. The minimum atomic E-state index is -0.380. The summed E-state index contributed by atoms with van der Waals surface area (Å²) < 4.78 is 5.46. The Bertz CT molecular complexity index is 459. The molecule has 2 rings (SSSR count). The Morgan fingerprint density at radius 3 is 3.05 bits per heavy atom. The summed E-state index contributed by atoms with van der Waals surface area (Å²) in [6.07, 6.45) is 3.09. The number of para-hydroxylation sites is 1. The van der Waals surface area contributed by atoms with E-state index >= 15 is 0 Å². The molecule has 1 aromatic carbocycles. The Hall–Kier alpha value is -1.82. The van der Waals surface area contributed by atoms with Crippen molar-refractivity contribution in [1.82, 2.24) is 5.32 Å². The largest absolute Gasteiger partial charge is 0.487 e. The van der Waals surface area contributed by atoms with E-state index < -0.39 is 0 Å². The minimum Gasteiger partial charge on any atom is -0.487 e. The van der Waals surface area contributed by atoms with Crippen LogP contribution in [0.2, 0.25) is 0 Å². The first-order valence-corrected chi connectivity index (χ1v) is 7.09. The van der Waals surface area contributed by atoms with Gasteiger partial charge in [0.1, 0.15) is 5.69 Å². The molecule has 1 atom stereocenters. The first-order chi connectivity index (χ1) is 9.72. The van der Waals surface area contributed by atoms with E-state index in [2.05, 4.69) is 10.6 Å². The zero-order chi connectivity index (χ0) is 14.4. The molecule has 0 spiro atoms. The Labute approximate surface area is 118 Å². The first kappa shape index (κ1) is 14.6. The molecule has 2 N–H and O–H groups in total. The average molecular weight is 279 g/mol. The molecule has 20 heavy (non-hydrogen) atoms. The molecule has 1 unspecified atom stereocenters. The van der Waals surface area contributed by atoms with E-state index in [4.69, 9.17) is 4.74 Å². The van der Waals surface area contributed by atoms with Gasteiger partial charge in [-0.15, -0.1) is 0 Å². The number of nitro groups is 1. The smallest absolute Gasteiger partial charge is 0.333 e. The van der Waals surface area contributed by atoms with Gasteiger partial charge in [0, 0.05) is 12.6 Å². The van der Waals surface area contributed by atoms with Gasteiger partial charge >= 0.3 is 5.69 Å². The van der Waals surface area contributed by atoms with Gasteiger partial charge in [0.05, 0.1) is 11.5 Å². The third kappa shape index (κ3) is 3.60. The number of hydrogen-bond donors (Lipinski definition) is 2. The van der Waals surface area contributed by atoms with E-state index in [0.29, 0.717) is 30.6 Å². The van der Waals surface area contributed by atoms with Crippen molar-refractivity contribution in [2.75, 3.05) is 25.0 Å². The number of anilines is 1. The number of rotatable bonds is 7. The first-order valence-electron chi connectivity index (χ1n) is 7.09. The quantitative estimate of drug-likeness (QED) is 0.592. The number of nitro benzene ring substituents is 1. The van der Waals surface area contributed by atoms with Crippen LogP contribution in [0.4, 0.5) is 11.4 Å². The van der Waals surface area contributed by atoms with Gasteiger partial charge in [0.2, 0.25) is 0 Å². The molecule has 6 nitrogen and oxygen atoms in total. The predicted octanol–water partition coefficient (Wildman–Crippen LogP) is 2.55. The average Bonchev–Trinajstić information content (AvgIpc) is 2.95. The lowest BCUT2D eigenvalue weighted by atomic mass is 10.2. The number of ether oxygens (including phenoxy) is 1. The topological polar surface area (TPSA) is 76.4 Å². The van der Waals surface area contributed by atoms with Crippen LogP contribution < -0.4 is 15.4 Å². The van der Waals surface area contributed by atoms with Crippen LogP contribution in [0.3, 0.4) is 0 Å². The fourth-order valence-corrected chi connectivity index (χ4v) is 2.35. The van der Waals surface area contributed by atoms with Crippen molar-refractivity contribution in [2.45, 2.75) is 32.2 Å². The van der Waals surface area contributed by atoms with Crippen LogP contribution in [0.5, 0.6) is 5.75 Å². The highest BCUT2D eigenvalue weighted by Gasteiger charge is 2.22. The Morgan fingerprint density at radius 1 is 1.55 bits per heavy atom. The summed E-state index contributed by atoms with van der Waals surface area (Å²) in [6, 6.07) is 5.54. The molecule has 0 aromatic heterocycles. The van der Waals surface area contributed by atoms with Crippen LogP contribution >= 0.6 is 0 Å². The standard InChI is InChI=1S/C14H21N3O3/c1-2-9-20-13-7-3-6-12(14(13)17(18)19)16-10-11-5-4-8-15-11/h3,6-7,11,15-16H,2,4-5,8-10H2,1H3. The fourth-order valence-electron chi connectivity index (χ4n) is 2.35. The van der Waals surface area contributed by atoms with E-state index in [1.807, 2.05) is 6.92 Å². The van der Waals surface area contributed by atoms with Crippen LogP contribution in [-0.2, 0) is 0 Å². The van der Waals surface area contributed by atoms with Crippen LogP contribution in [0.25, 0.3) is 0 Å². The van der Waals surface area contributed by atoms with Crippen molar-refractivity contribution in [3.63, 3.8) is 0 Å². The Kier molecular flexibility index (Phi) is 5.17. The summed E-state index contributed by atoms with van der Waals surface area (Å²) >= 11 is 0. The van der Waals surface area contributed by atoms with Crippen LogP contribution in [0, 0.1) is 10.1 Å². The SMILES string of the molecule is CCCOc1cccc(NCC2CCCN2)c1[N+](=O)[O-]. The van der Waals surface area contributed by atoms with Gasteiger partial charge in [-0.3, -0.25) is 10.1 Å². The zero-order valence-electron chi connectivity index (χ0n) is 11.7. The number of benzene rings is 1. The summed E-state index contributed by atoms with van der Waals surface area (Å²) in [6.45, 7) is 4.17. The van der Waals surface area contributed by atoms with Gasteiger partial charge < -0.3 is 15.4 Å². The van der Waals surface area contributed by atoms with E-state index in [-0.39, 0.29) is 10.6 Å². The van der Waals surface area contributed by atoms with Crippen molar-refractivity contribution < 1.29 is 9.66 Å². The number of hydrogen-bond acceptors (Lipinski definition) is 5. The molecule has 0 saturated carbocycles. The molecule has 1 fully saturated rings. The van der Waals surface area contributed by atoms with Gasteiger partial charge in [-0.05, 0) is 37.9 Å². The molecule has 1 aliphatic heterocycles. The lowest BCUT2D eigenvalue weighted by Gasteiger charge is -2.14. The molecule has 0 bridgehead atoms. The van der Waals surface area contributed by atoms with Crippen LogP contribution in [0.1, 0.15) is 26.2 Å². The summed E-state index contributed by atoms with van der Waals surface area (Å²) in [5, 5.41) is 17.8. The van der Waals surface area contributed by atoms with Crippen molar-refractivity contribution in [1.29, 1.82) is 0 Å².